The maximum atomic E-state index is 12.8. The van der Waals surface area contributed by atoms with E-state index in [-0.39, 0.29) is 79.3 Å². The second kappa shape index (κ2) is 20.0. The fraction of sp³-hybridized carbons (Fsp3) is 0.333. The molecule has 4 aromatic carbocycles. The Hall–Kier alpha value is -5.83. The summed E-state index contributed by atoms with van der Waals surface area (Å²) in [5.74, 6) is -2.70. The lowest BCUT2D eigenvalue weighted by Crippen LogP contribution is -2.31. The molecule has 0 aliphatic carbocycles. The van der Waals surface area contributed by atoms with Gasteiger partial charge in [0.15, 0.2) is 12.3 Å². The summed E-state index contributed by atoms with van der Waals surface area (Å²) in [6, 6.07) is 11.2. The van der Waals surface area contributed by atoms with Gasteiger partial charge in [0.1, 0.15) is 16.4 Å². The number of carbonyl (C=O) groups excluding carboxylic acids is 1. The summed E-state index contributed by atoms with van der Waals surface area (Å²) in [5, 5.41) is 19.4. The van der Waals surface area contributed by atoms with E-state index in [9.17, 15) is 79.9 Å². The molecule has 5 aromatic rings. The first-order valence-electron chi connectivity index (χ1n) is 22.0. The predicted octanol–water partition coefficient (Wildman–Crippen LogP) is 4.16. The van der Waals surface area contributed by atoms with E-state index in [0.717, 1.165) is 24.3 Å². The van der Waals surface area contributed by atoms with Crippen LogP contribution in [-0.2, 0) is 75.7 Å². The van der Waals surface area contributed by atoms with Gasteiger partial charge in [-0.25, -0.2) is 4.79 Å². The van der Waals surface area contributed by atoms with Crippen LogP contribution < -0.4 is 9.74 Å². The van der Waals surface area contributed by atoms with E-state index < -0.39 is 104 Å². The summed E-state index contributed by atoms with van der Waals surface area (Å²) < 4.78 is 190. The van der Waals surface area contributed by atoms with E-state index in [0.29, 0.717) is 45.2 Å². The summed E-state index contributed by atoms with van der Waals surface area (Å²) in [6.07, 6.45) is 4.20. The van der Waals surface area contributed by atoms with Crippen molar-refractivity contribution < 1.29 is 98.7 Å². The Morgan fingerprint density at radius 2 is 1.24 bits per heavy atom. The predicted molar refractivity (Wildman–Crippen MR) is 264 cm³/mol. The molecule has 1 aromatic heterocycles. The topological polar surface area (TPSA) is 368 Å². The Labute approximate surface area is 425 Å². The van der Waals surface area contributed by atoms with Crippen LogP contribution in [0.5, 0.6) is 11.8 Å². The molecule has 1 unspecified atom stereocenters. The molecule has 7 N–H and O–H groups in total. The first-order chi connectivity index (χ1) is 34.2. The third-order valence-corrected chi connectivity index (χ3v) is 17.1. The number of fused-ring (bicyclic) bond motifs is 6. The second-order valence-electron chi connectivity index (χ2n) is 18.0. The number of nitrogens with zero attached hydrogens (tertiary/aromatic N) is 3. The highest BCUT2D eigenvalue weighted by Crippen LogP contribution is 2.54. The number of hydrogen-bond donors (Lipinski definition) is 7. The highest BCUT2D eigenvalue weighted by atomic mass is 32.2. The van der Waals surface area contributed by atoms with Crippen molar-refractivity contribution in [3.8, 4) is 11.8 Å². The monoisotopic (exact) mass is 1130 g/mol. The number of benzene rings is 4. The zero-order chi connectivity index (χ0) is 54.7. The summed E-state index contributed by atoms with van der Waals surface area (Å²) >= 11 is 0. The van der Waals surface area contributed by atoms with Crippen LogP contribution in [0.1, 0.15) is 51.2 Å². The van der Waals surface area contributed by atoms with Crippen molar-refractivity contribution in [1.82, 2.24) is 4.73 Å². The number of aromatic nitrogens is 1. The minimum absolute atomic E-state index is 0.00554. The van der Waals surface area contributed by atoms with Gasteiger partial charge >= 0.3 is 5.97 Å². The molecule has 0 bridgehead atoms. The first kappa shape index (κ1) is 55.9. The van der Waals surface area contributed by atoms with Crippen LogP contribution in [0.25, 0.3) is 21.5 Å². The van der Waals surface area contributed by atoms with E-state index in [1.54, 1.807) is 48.5 Å². The third-order valence-electron chi connectivity index (χ3n) is 12.8. The van der Waals surface area contributed by atoms with E-state index in [4.69, 9.17) is 14.3 Å². The highest BCUT2D eigenvalue weighted by molar-refractivity contribution is 7.87. The molecular formula is C45H50N3O21S5+. The molecule has 7 rings (SSSR count). The van der Waals surface area contributed by atoms with Crippen molar-refractivity contribution in [3.05, 3.63) is 95.7 Å². The van der Waals surface area contributed by atoms with Gasteiger partial charge in [-0.2, -0.15) is 46.7 Å². The van der Waals surface area contributed by atoms with Crippen LogP contribution in [0, 0.1) is 0 Å². The molecule has 2 aliphatic heterocycles. The van der Waals surface area contributed by atoms with E-state index in [1.165, 1.54) is 31.4 Å². The van der Waals surface area contributed by atoms with Crippen molar-refractivity contribution >= 4 is 95.2 Å². The van der Waals surface area contributed by atoms with E-state index in [2.05, 4.69) is 0 Å². The average molecular weight is 1130 g/mol. The molecule has 3 heterocycles. The molecule has 0 fully saturated rings. The van der Waals surface area contributed by atoms with Crippen molar-refractivity contribution in [3.63, 3.8) is 0 Å². The molecule has 400 valence electrons. The van der Waals surface area contributed by atoms with Crippen molar-refractivity contribution in [2.24, 2.45) is 0 Å². The second-order valence-corrected chi connectivity index (χ2v) is 25.2. The number of methoxy groups -OCH3 is 1. The Morgan fingerprint density at radius 1 is 0.689 bits per heavy atom. The molecular weight excluding hydrogens is 1080 g/mol. The van der Waals surface area contributed by atoms with Crippen LogP contribution >= 0.6 is 0 Å². The molecule has 0 spiro atoms. The first-order valence-corrected chi connectivity index (χ1v) is 29.3. The average Bonchev–Trinajstić information content (AvgIpc) is 3.81. The zero-order valence-electron chi connectivity index (χ0n) is 39.6. The van der Waals surface area contributed by atoms with Crippen molar-refractivity contribution in [2.75, 3.05) is 50.7 Å². The number of hydrogen-bond acceptors (Lipinski definition) is 17. The van der Waals surface area contributed by atoms with Gasteiger partial charge in [0.05, 0.1) is 40.6 Å². The van der Waals surface area contributed by atoms with Gasteiger partial charge in [0, 0.05) is 71.1 Å². The van der Waals surface area contributed by atoms with Crippen LogP contribution in [0.15, 0.2) is 104 Å². The molecule has 74 heavy (non-hydrogen) atoms. The number of allylic oxidation sites excluding steroid dienone is 4. The van der Waals surface area contributed by atoms with Gasteiger partial charge in [-0.3, -0.25) is 22.8 Å². The number of carbonyl (C=O) groups is 1. The number of aromatic hydroxyl groups is 2. The maximum absolute atomic E-state index is 12.8. The normalized spacial score (nSPS) is 17.8. The quantitative estimate of drug-likeness (QED) is 0.0327. The smallest absolute Gasteiger partial charge is 0.335 e. The zero-order valence-corrected chi connectivity index (χ0v) is 43.7. The van der Waals surface area contributed by atoms with Crippen molar-refractivity contribution in [1.29, 1.82) is 0 Å². The van der Waals surface area contributed by atoms with Gasteiger partial charge in [0.2, 0.25) is 17.4 Å². The Morgan fingerprint density at radius 3 is 1.77 bits per heavy atom. The number of ether oxygens (including phenoxy) is 2. The Balaban J connectivity index is 1.40. The minimum atomic E-state index is -5.15. The SMILES string of the molecule is COCCN1C(=CC=CC2=[N+](CCOCCC(=O)On3c(O)ccc3O)c3ccc4c(S(=O)(=O)O)cc(S(=O)(=O)O)cc4c3C2(C)C)C(C)(CCCS(=O)(=O)O)c2c1ccc1c(S(=O)(=O)O)cc(S(=O)(=O)O)cc21. The van der Waals surface area contributed by atoms with Gasteiger partial charge in [-0.1, -0.05) is 12.1 Å². The van der Waals surface area contributed by atoms with Gasteiger partial charge in [0.25, 0.3) is 50.6 Å². The largest absolute Gasteiger partial charge is 0.492 e. The van der Waals surface area contributed by atoms with Crippen molar-refractivity contribution in [2.45, 2.75) is 70.4 Å². The number of rotatable bonds is 20. The molecule has 0 amide bonds. The molecule has 2 aliphatic rings. The van der Waals surface area contributed by atoms with Crippen LogP contribution in [0.3, 0.4) is 0 Å². The Kier molecular flexibility index (Phi) is 15.1. The Bertz CT molecular complexity index is 3810. The molecule has 29 heteroatoms. The fourth-order valence-corrected chi connectivity index (χ4v) is 12.9. The summed E-state index contributed by atoms with van der Waals surface area (Å²) in [5.41, 5.74) is -0.460. The lowest BCUT2D eigenvalue weighted by molar-refractivity contribution is -0.442. The standard InChI is InChI=1S/C45H49N3O21S5/c1-44(2)37(46(18-21-68-19-15-41(51)69-48-39(49)13-14-40(48)50)33-11-9-29-31(42(33)44)23-27(71(55,56)57)25-35(29)73(61,62)63)7-5-8-38-45(3,16-6-22-70(52,53)54)43-32-24-28(72(58,59)60)26-36(74(64,65)66)30(32)10-12-34(43)47(38)17-20-67-4/h5,7-14,23-26H,6,15-22H2,1-4H3,(H6-,49,50,52,53,54,55,56,57,58,59,60,61,62,63,64,65,66)/p+1. The van der Waals surface area contributed by atoms with Crippen LogP contribution in [0.2, 0.25) is 0 Å². The van der Waals surface area contributed by atoms with Crippen LogP contribution in [0.4, 0.5) is 11.4 Å². The summed E-state index contributed by atoms with van der Waals surface area (Å²) in [7, 11) is -23.6. The minimum Gasteiger partial charge on any atom is -0.492 e. The lowest BCUT2D eigenvalue weighted by Gasteiger charge is -2.31. The lowest BCUT2D eigenvalue weighted by atomic mass is 9.75. The van der Waals surface area contributed by atoms with E-state index in [1.807, 2.05) is 0 Å². The highest BCUT2D eigenvalue weighted by Gasteiger charge is 2.48. The molecule has 24 nitrogen and oxygen atoms in total. The van der Waals surface area contributed by atoms with Gasteiger partial charge < -0.3 is 29.4 Å². The summed E-state index contributed by atoms with van der Waals surface area (Å²) in [4.78, 5) is 15.9. The van der Waals surface area contributed by atoms with Gasteiger partial charge in [-0.15, -0.1) is 4.73 Å². The van der Waals surface area contributed by atoms with E-state index >= 15 is 0 Å². The molecule has 0 saturated carbocycles. The molecule has 1 atom stereocenters. The summed E-state index contributed by atoms with van der Waals surface area (Å²) in [6.45, 7) is 4.90. The maximum Gasteiger partial charge on any atom is 0.335 e. The molecule has 0 saturated heterocycles. The third kappa shape index (κ3) is 11.1. The van der Waals surface area contributed by atoms with Gasteiger partial charge in [-0.05, 0) is 92.4 Å². The molecule has 0 radical (unpaired) electrons. The van der Waals surface area contributed by atoms with Crippen LogP contribution in [-0.4, -0.2) is 142 Å². The fourth-order valence-electron chi connectivity index (χ4n) is 9.67. The number of anilines is 1.